The van der Waals surface area contributed by atoms with Crippen molar-refractivity contribution in [1.29, 1.82) is 0 Å². The minimum atomic E-state index is -0.572. The van der Waals surface area contributed by atoms with E-state index in [1.54, 1.807) is 18.7 Å². The van der Waals surface area contributed by atoms with Crippen LogP contribution >= 0.6 is 0 Å². The molecule has 142 valence electrons. The molecular formula is C21H17F2N3O2. The molecule has 0 spiro atoms. The molecule has 0 radical (unpaired) electrons. The quantitative estimate of drug-likeness (QED) is 0.541. The van der Waals surface area contributed by atoms with E-state index in [1.807, 2.05) is 30.5 Å². The number of benzene rings is 2. The van der Waals surface area contributed by atoms with Crippen LogP contribution in [0, 0.1) is 11.6 Å². The average molecular weight is 381 g/mol. The normalized spacial score (nSPS) is 11.1. The Morgan fingerprint density at radius 3 is 2.75 bits per heavy atom. The van der Waals surface area contributed by atoms with Crippen molar-refractivity contribution in [2.45, 2.75) is 6.54 Å². The van der Waals surface area contributed by atoms with Crippen LogP contribution in [0.1, 0.15) is 5.56 Å². The van der Waals surface area contributed by atoms with Crippen molar-refractivity contribution in [3.05, 3.63) is 82.5 Å². The molecule has 0 N–H and O–H groups in total. The lowest BCUT2D eigenvalue weighted by Crippen LogP contribution is -2.23. The van der Waals surface area contributed by atoms with Gasteiger partial charge in [0.2, 0.25) is 0 Å². The highest BCUT2D eigenvalue weighted by atomic mass is 19.1. The van der Waals surface area contributed by atoms with Gasteiger partial charge in [0, 0.05) is 24.4 Å². The van der Waals surface area contributed by atoms with Gasteiger partial charge in [-0.15, -0.1) is 0 Å². The number of methoxy groups -OCH3 is 1. The van der Waals surface area contributed by atoms with E-state index < -0.39 is 11.6 Å². The van der Waals surface area contributed by atoms with Crippen LogP contribution in [0.4, 0.5) is 8.78 Å². The first-order chi connectivity index (χ1) is 13.5. The fourth-order valence-electron chi connectivity index (χ4n) is 3.28. The molecule has 0 aliphatic carbocycles. The lowest BCUT2D eigenvalue weighted by Gasteiger charge is -2.08. The number of aryl methyl sites for hydroxylation is 1. The van der Waals surface area contributed by atoms with E-state index in [1.165, 1.54) is 10.9 Å². The molecule has 7 heteroatoms. The number of nitrogens with zero attached hydrogens (tertiary/aromatic N) is 3. The van der Waals surface area contributed by atoms with Gasteiger partial charge in [-0.2, -0.15) is 0 Å². The molecule has 2 heterocycles. The van der Waals surface area contributed by atoms with Crippen molar-refractivity contribution in [2.75, 3.05) is 7.11 Å². The summed E-state index contributed by atoms with van der Waals surface area (Å²) in [4.78, 5) is 17.4. The summed E-state index contributed by atoms with van der Waals surface area (Å²) in [6.07, 6.45) is 3.18. The third-order valence-corrected chi connectivity index (χ3v) is 4.67. The van der Waals surface area contributed by atoms with Crippen LogP contribution in [0.25, 0.3) is 22.2 Å². The van der Waals surface area contributed by atoms with Crippen molar-refractivity contribution in [2.24, 2.45) is 7.05 Å². The number of ether oxygens (including phenoxy) is 1. The highest BCUT2D eigenvalue weighted by molar-refractivity contribution is 5.92. The zero-order valence-corrected chi connectivity index (χ0v) is 15.3. The molecule has 0 unspecified atom stereocenters. The van der Waals surface area contributed by atoms with Gasteiger partial charge in [0.1, 0.15) is 28.4 Å². The second kappa shape index (κ2) is 6.92. The molecule has 0 aliphatic heterocycles. The summed E-state index contributed by atoms with van der Waals surface area (Å²) in [5.41, 5.74) is 2.34. The third-order valence-electron chi connectivity index (χ3n) is 4.67. The minimum absolute atomic E-state index is 0.0884. The summed E-state index contributed by atoms with van der Waals surface area (Å²) in [6.45, 7) is -0.106. The summed E-state index contributed by atoms with van der Waals surface area (Å²) in [6, 6.07) is 10.6. The Morgan fingerprint density at radius 2 is 1.96 bits per heavy atom. The number of halogens is 2. The van der Waals surface area contributed by atoms with Gasteiger partial charge in [0.05, 0.1) is 20.0 Å². The van der Waals surface area contributed by atoms with Gasteiger partial charge in [-0.3, -0.25) is 9.36 Å². The first kappa shape index (κ1) is 17.9. The van der Waals surface area contributed by atoms with Gasteiger partial charge in [-0.1, -0.05) is 12.1 Å². The molecule has 4 aromatic rings. The topological polar surface area (TPSA) is 49.0 Å². The zero-order chi connectivity index (χ0) is 19.8. The maximum atomic E-state index is 14.0. The lowest BCUT2D eigenvalue weighted by molar-refractivity contribution is 0.415. The van der Waals surface area contributed by atoms with Gasteiger partial charge >= 0.3 is 0 Å². The Morgan fingerprint density at radius 1 is 1.14 bits per heavy atom. The molecule has 2 aromatic carbocycles. The molecule has 2 aromatic heterocycles. The smallest absolute Gasteiger partial charge is 0.278 e. The van der Waals surface area contributed by atoms with Crippen LogP contribution in [0.15, 0.2) is 59.8 Å². The van der Waals surface area contributed by atoms with Crippen molar-refractivity contribution in [3.63, 3.8) is 0 Å². The van der Waals surface area contributed by atoms with Crippen molar-refractivity contribution >= 4 is 11.0 Å². The molecule has 28 heavy (non-hydrogen) atoms. The summed E-state index contributed by atoms with van der Waals surface area (Å²) in [5.74, 6) is -0.431. The van der Waals surface area contributed by atoms with E-state index in [0.29, 0.717) is 16.8 Å². The van der Waals surface area contributed by atoms with Gasteiger partial charge in [0.15, 0.2) is 0 Å². The largest absolute Gasteiger partial charge is 0.497 e. The number of rotatable bonds is 4. The molecule has 0 saturated carbocycles. The summed E-state index contributed by atoms with van der Waals surface area (Å²) < 4.78 is 35.6. The molecule has 5 nitrogen and oxygen atoms in total. The fraction of sp³-hybridized carbons (Fsp3) is 0.143. The van der Waals surface area contributed by atoms with Crippen LogP contribution < -0.4 is 10.3 Å². The monoisotopic (exact) mass is 381 g/mol. The highest BCUT2D eigenvalue weighted by Crippen LogP contribution is 2.29. The van der Waals surface area contributed by atoms with Crippen LogP contribution in [-0.4, -0.2) is 21.2 Å². The SMILES string of the molecule is COc1cccc(-c2cn(C)c3c(=O)n(Cc4cc(F)ccc4F)cnc23)c1. The lowest BCUT2D eigenvalue weighted by atomic mass is 10.1. The molecule has 0 saturated heterocycles. The van der Waals surface area contributed by atoms with Gasteiger partial charge < -0.3 is 9.30 Å². The molecule has 0 bridgehead atoms. The summed E-state index contributed by atoms with van der Waals surface area (Å²) >= 11 is 0. The Hall–Kier alpha value is -3.48. The van der Waals surface area contributed by atoms with E-state index in [2.05, 4.69) is 4.98 Å². The molecule has 0 atom stereocenters. The standard InChI is InChI=1S/C21H17F2N3O2/c1-25-11-17(13-4-3-5-16(9-13)28-2)19-20(25)21(27)26(12-24-19)10-14-8-15(22)6-7-18(14)23/h3-9,11-12H,10H2,1-2H3. The van der Waals surface area contributed by atoms with E-state index in [4.69, 9.17) is 4.74 Å². The molecular weight excluding hydrogens is 364 g/mol. The van der Waals surface area contributed by atoms with Crippen LogP contribution in [0.3, 0.4) is 0 Å². The Kier molecular flexibility index (Phi) is 4.43. The summed E-state index contributed by atoms with van der Waals surface area (Å²) in [7, 11) is 3.34. The molecule has 4 rings (SSSR count). The molecule has 0 fully saturated rings. The average Bonchev–Trinajstić information content (AvgIpc) is 3.04. The predicted molar refractivity (Wildman–Crippen MR) is 102 cm³/mol. The molecule has 0 amide bonds. The Labute approximate surface area is 159 Å². The van der Waals surface area contributed by atoms with Crippen molar-refractivity contribution < 1.29 is 13.5 Å². The second-order valence-corrected chi connectivity index (χ2v) is 6.50. The first-order valence-electron chi connectivity index (χ1n) is 8.60. The number of fused-ring (bicyclic) bond motifs is 1. The Bertz CT molecular complexity index is 1240. The highest BCUT2D eigenvalue weighted by Gasteiger charge is 2.16. The number of aromatic nitrogens is 3. The van der Waals surface area contributed by atoms with Crippen LogP contribution in [0.2, 0.25) is 0 Å². The van der Waals surface area contributed by atoms with E-state index >= 15 is 0 Å². The van der Waals surface area contributed by atoms with E-state index in [0.717, 1.165) is 29.3 Å². The van der Waals surface area contributed by atoms with Crippen LogP contribution in [-0.2, 0) is 13.6 Å². The first-order valence-corrected chi connectivity index (χ1v) is 8.60. The minimum Gasteiger partial charge on any atom is -0.497 e. The summed E-state index contributed by atoms with van der Waals surface area (Å²) in [5, 5.41) is 0. The zero-order valence-electron chi connectivity index (χ0n) is 15.3. The van der Waals surface area contributed by atoms with Crippen molar-refractivity contribution in [1.82, 2.24) is 14.1 Å². The van der Waals surface area contributed by atoms with Crippen molar-refractivity contribution in [3.8, 4) is 16.9 Å². The van der Waals surface area contributed by atoms with Gasteiger partial charge in [-0.05, 0) is 35.9 Å². The van der Waals surface area contributed by atoms with Gasteiger partial charge in [0.25, 0.3) is 5.56 Å². The maximum Gasteiger partial charge on any atom is 0.278 e. The van der Waals surface area contributed by atoms with E-state index in [-0.39, 0.29) is 17.7 Å². The number of hydrogen-bond donors (Lipinski definition) is 0. The fourth-order valence-corrected chi connectivity index (χ4v) is 3.28. The van der Waals surface area contributed by atoms with Crippen LogP contribution in [0.5, 0.6) is 5.75 Å². The molecule has 0 aliphatic rings. The Balaban J connectivity index is 1.83. The van der Waals surface area contributed by atoms with Gasteiger partial charge in [-0.25, -0.2) is 13.8 Å². The number of hydrogen-bond acceptors (Lipinski definition) is 3. The maximum absolute atomic E-state index is 14.0. The second-order valence-electron chi connectivity index (χ2n) is 6.50. The van der Waals surface area contributed by atoms with E-state index in [9.17, 15) is 13.6 Å². The third kappa shape index (κ3) is 3.05. The predicted octanol–water partition coefficient (Wildman–Crippen LogP) is 3.74.